The topological polar surface area (TPSA) is 58.4 Å². The molecule has 3 aromatic rings. The molecule has 1 aliphatic carbocycles. The van der Waals surface area contributed by atoms with Gasteiger partial charge in [0.05, 0.1) is 0 Å². The average molecular weight is 375 g/mol. The minimum absolute atomic E-state index is 0.105. The van der Waals surface area contributed by atoms with E-state index in [2.05, 4.69) is 40.6 Å². The number of hydrogen-bond donors (Lipinski definition) is 1. The van der Waals surface area contributed by atoms with Crippen LogP contribution in [0.2, 0.25) is 0 Å². The number of carbonyl (C=O) groups excluding carboxylic acids is 1. The van der Waals surface area contributed by atoms with Gasteiger partial charge >= 0.3 is 0 Å². The Bertz CT molecular complexity index is 1030. The van der Waals surface area contributed by atoms with Crippen LogP contribution < -0.4 is 10.2 Å². The second-order valence-corrected chi connectivity index (χ2v) is 7.94. The maximum Gasteiger partial charge on any atom is 0.295 e. The summed E-state index contributed by atoms with van der Waals surface area (Å²) < 4.78 is 5.91. The Balaban J connectivity index is 1.41. The first kappa shape index (κ1) is 17.3. The summed E-state index contributed by atoms with van der Waals surface area (Å²) >= 11 is 0. The van der Waals surface area contributed by atoms with Gasteiger partial charge in [0, 0.05) is 25.2 Å². The molecular formula is C23H25N3O2. The Morgan fingerprint density at radius 2 is 1.89 bits per heavy atom. The van der Waals surface area contributed by atoms with Crippen molar-refractivity contribution in [3.05, 3.63) is 42.0 Å². The van der Waals surface area contributed by atoms with Crippen molar-refractivity contribution in [1.29, 1.82) is 0 Å². The van der Waals surface area contributed by atoms with E-state index in [0.717, 1.165) is 40.9 Å². The molecule has 0 bridgehead atoms. The van der Waals surface area contributed by atoms with Crippen molar-refractivity contribution in [2.75, 3.05) is 16.8 Å². The number of amides is 1. The van der Waals surface area contributed by atoms with Crippen molar-refractivity contribution in [2.24, 2.45) is 0 Å². The quantitative estimate of drug-likeness (QED) is 0.688. The SMILES string of the molecule is CC(=O)N1CCc2cc(-c3ccc4oc(NC5CCCCC5)nc4c3)ccc21. The van der Waals surface area contributed by atoms with Gasteiger partial charge in [0.25, 0.3) is 6.01 Å². The zero-order chi connectivity index (χ0) is 19.1. The second-order valence-electron chi connectivity index (χ2n) is 7.94. The van der Waals surface area contributed by atoms with Crippen LogP contribution in [0.5, 0.6) is 0 Å². The maximum atomic E-state index is 11.8. The molecule has 1 aliphatic heterocycles. The van der Waals surface area contributed by atoms with Gasteiger partial charge in [-0.15, -0.1) is 0 Å². The highest BCUT2D eigenvalue weighted by Crippen LogP contribution is 2.34. The molecule has 1 aromatic heterocycles. The van der Waals surface area contributed by atoms with E-state index in [1.807, 2.05) is 11.0 Å². The first-order valence-corrected chi connectivity index (χ1v) is 10.3. The van der Waals surface area contributed by atoms with Gasteiger partial charge in [-0.05, 0) is 60.2 Å². The van der Waals surface area contributed by atoms with Crippen molar-refractivity contribution >= 4 is 28.7 Å². The Kier molecular flexibility index (Phi) is 4.30. The van der Waals surface area contributed by atoms with E-state index in [-0.39, 0.29) is 5.91 Å². The predicted octanol–water partition coefficient (Wildman–Crippen LogP) is 5.15. The molecule has 0 atom stereocenters. The lowest BCUT2D eigenvalue weighted by molar-refractivity contribution is -0.116. The van der Waals surface area contributed by atoms with Crippen molar-refractivity contribution in [2.45, 2.75) is 51.5 Å². The van der Waals surface area contributed by atoms with E-state index >= 15 is 0 Å². The van der Waals surface area contributed by atoms with Gasteiger partial charge < -0.3 is 14.6 Å². The Labute approximate surface area is 164 Å². The van der Waals surface area contributed by atoms with Crippen LogP contribution in [0.3, 0.4) is 0 Å². The van der Waals surface area contributed by atoms with Gasteiger partial charge in [0.2, 0.25) is 5.91 Å². The molecule has 1 N–H and O–H groups in total. The fourth-order valence-electron chi connectivity index (χ4n) is 4.50. The van der Waals surface area contributed by atoms with Gasteiger partial charge in [0.1, 0.15) is 5.52 Å². The summed E-state index contributed by atoms with van der Waals surface area (Å²) in [4.78, 5) is 18.3. The van der Waals surface area contributed by atoms with Gasteiger partial charge in [0.15, 0.2) is 5.58 Å². The van der Waals surface area contributed by atoms with Crippen LogP contribution in [0.25, 0.3) is 22.2 Å². The standard InChI is InChI=1S/C23H25N3O2/c1-15(27)26-12-11-18-13-16(7-9-21(18)26)17-8-10-22-20(14-17)25-23(28-22)24-19-5-3-2-4-6-19/h7-10,13-14,19H,2-6,11-12H2,1H3,(H,24,25). The van der Waals surface area contributed by atoms with Crippen LogP contribution in [0.1, 0.15) is 44.6 Å². The summed E-state index contributed by atoms with van der Waals surface area (Å²) in [6.07, 6.45) is 7.18. The van der Waals surface area contributed by atoms with E-state index in [9.17, 15) is 4.79 Å². The average Bonchev–Trinajstić information content (AvgIpc) is 3.31. The molecule has 2 heterocycles. The molecular weight excluding hydrogens is 350 g/mol. The number of rotatable bonds is 3. The monoisotopic (exact) mass is 375 g/mol. The number of oxazole rings is 1. The largest absolute Gasteiger partial charge is 0.424 e. The third-order valence-electron chi connectivity index (χ3n) is 6.01. The molecule has 1 fully saturated rings. The summed E-state index contributed by atoms with van der Waals surface area (Å²) in [5.41, 5.74) is 6.22. The molecule has 144 valence electrons. The zero-order valence-corrected chi connectivity index (χ0v) is 16.2. The van der Waals surface area contributed by atoms with E-state index in [4.69, 9.17) is 4.42 Å². The number of benzene rings is 2. The van der Waals surface area contributed by atoms with E-state index in [1.165, 1.54) is 37.7 Å². The van der Waals surface area contributed by atoms with Crippen LogP contribution >= 0.6 is 0 Å². The molecule has 5 rings (SSSR count). The summed E-state index contributed by atoms with van der Waals surface area (Å²) in [6.45, 7) is 2.40. The Hall–Kier alpha value is -2.82. The van der Waals surface area contributed by atoms with Crippen molar-refractivity contribution < 1.29 is 9.21 Å². The van der Waals surface area contributed by atoms with Crippen LogP contribution in [0, 0.1) is 0 Å². The highest BCUT2D eigenvalue weighted by molar-refractivity contribution is 5.94. The van der Waals surface area contributed by atoms with Crippen LogP contribution in [-0.4, -0.2) is 23.5 Å². The molecule has 1 saturated carbocycles. The second kappa shape index (κ2) is 6.97. The molecule has 5 heteroatoms. The minimum atomic E-state index is 0.105. The number of nitrogens with one attached hydrogen (secondary N) is 1. The smallest absolute Gasteiger partial charge is 0.295 e. The van der Waals surface area contributed by atoms with Crippen molar-refractivity contribution in [3.8, 4) is 11.1 Å². The molecule has 1 amide bonds. The van der Waals surface area contributed by atoms with Gasteiger partial charge in [-0.3, -0.25) is 4.79 Å². The number of carbonyl (C=O) groups is 1. The summed E-state index contributed by atoms with van der Waals surface area (Å²) in [5, 5.41) is 3.46. The van der Waals surface area contributed by atoms with Crippen LogP contribution in [0.4, 0.5) is 11.7 Å². The summed E-state index contributed by atoms with van der Waals surface area (Å²) in [6, 6.07) is 13.6. The van der Waals surface area contributed by atoms with Crippen LogP contribution in [0.15, 0.2) is 40.8 Å². The molecule has 0 spiro atoms. The number of hydrogen-bond acceptors (Lipinski definition) is 4. The third-order valence-corrected chi connectivity index (χ3v) is 6.01. The molecule has 0 unspecified atom stereocenters. The van der Waals surface area contributed by atoms with Gasteiger partial charge in [-0.1, -0.05) is 31.4 Å². The molecule has 0 radical (unpaired) electrons. The third kappa shape index (κ3) is 3.15. The lowest BCUT2D eigenvalue weighted by atomic mass is 9.96. The predicted molar refractivity (Wildman–Crippen MR) is 112 cm³/mol. The summed E-state index contributed by atoms with van der Waals surface area (Å²) in [5.74, 6) is 0.105. The molecule has 0 saturated heterocycles. The lowest BCUT2D eigenvalue weighted by Crippen LogP contribution is -2.25. The first-order valence-electron chi connectivity index (χ1n) is 10.3. The molecule has 28 heavy (non-hydrogen) atoms. The number of aromatic nitrogens is 1. The normalized spacial score (nSPS) is 17.1. The fourth-order valence-corrected chi connectivity index (χ4v) is 4.50. The highest BCUT2D eigenvalue weighted by atomic mass is 16.4. The molecule has 5 nitrogen and oxygen atoms in total. The number of anilines is 2. The van der Waals surface area contributed by atoms with Crippen molar-refractivity contribution in [3.63, 3.8) is 0 Å². The first-order chi connectivity index (χ1) is 13.7. The molecule has 2 aromatic carbocycles. The lowest BCUT2D eigenvalue weighted by Gasteiger charge is -2.21. The highest BCUT2D eigenvalue weighted by Gasteiger charge is 2.22. The Morgan fingerprint density at radius 1 is 1.11 bits per heavy atom. The van der Waals surface area contributed by atoms with Gasteiger partial charge in [-0.2, -0.15) is 4.98 Å². The number of nitrogens with zero attached hydrogens (tertiary/aromatic N) is 2. The number of fused-ring (bicyclic) bond motifs is 2. The van der Waals surface area contributed by atoms with E-state index in [0.29, 0.717) is 12.1 Å². The van der Waals surface area contributed by atoms with Crippen LogP contribution in [-0.2, 0) is 11.2 Å². The zero-order valence-electron chi connectivity index (χ0n) is 16.2. The van der Waals surface area contributed by atoms with Gasteiger partial charge in [-0.25, -0.2) is 0 Å². The van der Waals surface area contributed by atoms with Crippen molar-refractivity contribution in [1.82, 2.24) is 4.98 Å². The van der Waals surface area contributed by atoms with E-state index < -0.39 is 0 Å². The Morgan fingerprint density at radius 3 is 2.71 bits per heavy atom. The summed E-state index contributed by atoms with van der Waals surface area (Å²) in [7, 11) is 0. The van der Waals surface area contributed by atoms with E-state index in [1.54, 1.807) is 6.92 Å². The fraction of sp³-hybridized carbons (Fsp3) is 0.391. The maximum absolute atomic E-state index is 11.8. The molecule has 2 aliphatic rings. The minimum Gasteiger partial charge on any atom is -0.424 e.